The van der Waals surface area contributed by atoms with Crippen LogP contribution in [-0.4, -0.2) is 24.5 Å². The summed E-state index contributed by atoms with van der Waals surface area (Å²) in [5.74, 6) is 0. The zero-order valence-electron chi connectivity index (χ0n) is 16.4. The van der Waals surface area contributed by atoms with Crippen LogP contribution in [0.1, 0.15) is 24.8 Å². The Morgan fingerprint density at radius 1 is 1.10 bits per heavy atom. The predicted molar refractivity (Wildman–Crippen MR) is 118 cm³/mol. The molecule has 0 aliphatic carbocycles. The number of hydrogen-bond donors (Lipinski definition) is 2. The number of nitrogens with zero attached hydrogens (tertiary/aromatic N) is 3. The Bertz CT molecular complexity index is 1070. The van der Waals surface area contributed by atoms with Crippen LogP contribution in [0, 0.1) is 11.3 Å². The van der Waals surface area contributed by atoms with Gasteiger partial charge in [0.25, 0.3) is 0 Å². The van der Waals surface area contributed by atoms with Crippen molar-refractivity contribution in [2.45, 2.75) is 25.8 Å². The van der Waals surface area contributed by atoms with Crippen molar-refractivity contribution < 1.29 is 4.57 Å². The standard InChI is InChI=1S/C23H24ClN5/c24-18-4-5-21-22(27-20-13-17(16-25)12-19(26)15-20)6-9-29(23(21)14-18)11-10-28-7-2-1-3-8-28/h4-6,9,12-15H,1-3,7-8,10-11,26H2/p+1. The molecular weight excluding hydrogens is 382 g/mol. The van der Waals surface area contributed by atoms with E-state index in [0.717, 1.165) is 40.4 Å². The first kappa shape index (κ1) is 19.5. The summed E-state index contributed by atoms with van der Waals surface area (Å²) in [4.78, 5) is 2.54. The Morgan fingerprint density at radius 3 is 2.72 bits per heavy atom. The lowest BCUT2D eigenvalue weighted by atomic mass is 10.1. The van der Waals surface area contributed by atoms with Gasteiger partial charge >= 0.3 is 0 Å². The van der Waals surface area contributed by atoms with Gasteiger partial charge in [0.15, 0.2) is 12.7 Å². The van der Waals surface area contributed by atoms with E-state index in [-0.39, 0.29) is 0 Å². The number of halogens is 1. The number of likely N-dealkylation sites (tertiary alicyclic amines) is 1. The molecule has 3 aromatic rings. The number of nitriles is 1. The monoisotopic (exact) mass is 406 g/mol. The van der Waals surface area contributed by atoms with E-state index in [2.05, 4.69) is 33.1 Å². The Hall–Kier alpha value is -2.81. The van der Waals surface area contributed by atoms with E-state index in [1.807, 2.05) is 24.3 Å². The molecule has 1 aliphatic heterocycles. The van der Waals surface area contributed by atoms with E-state index in [4.69, 9.17) is 17.3 Å². The van der Waals surface area contributed by atoms with E-state index in [1.165, 1.54) is 32.4 Å². The van der Waals surface area contributed by atoms with Crippen LogP contribution in [0.25, 0.3) is 10.9 Å². The van der Waals surface area contributed by atoms with Crippen molar-refractivity contribution in [1.29, 1.82) is 5.26 Å². The van der Waals surface area contributed by atoms with Crippen LogP contribution in [0.4, 0.5) is 17.1 Å². The van der Waals surface area contributed by atoms with Crippen LogP contribution in [-0.2, 0) is 6.54 Å². The van der Waals surface area contributed by atoms with Crippen LogP contribution < -0.4 is 15.6 Å². The van der Waals surface area contributed by atoms with Crippen LogP contribution in [0.5, 0.6) is 0 Å². The minimum absolute atomic E-state index is 0.535. The van der Waals surface area contributed by atoms with E-state index in [1.54, 1.807) is 12.1 Å². The fraction of sp³-hybridized carbons (Fsp3) is 0.304. The van der Waals surface area contributed by atoms with Crippen molar-refractivity contribution >= 4 is 39.6 Å². The molecule has 148 valence electrons. The van der Waals surface area contributed by atoms with E-state index in [0.29, 0.717) is 11.3 Å². The molecule has 0 bridgehead atoms. The van der Waals surface area contributed by atoms with Gasteiger partial charge in [-0.25, -0.2) is 0 Å². The van der Waals surface area contributed by atoms with Crippen molar-refractivity contribution in [3.63, 3.8) is 0 Å². The summed E-state index contributed by atoms with van der Waals surface area (Å²) in [5, 5.41) is 14.4. The third-order valence-corrected chi connectivity index (χ3v) is 5.68. The minimum Gasteiger partial charge on any atom is -0.399 e. The SMILES string of the molecule is N#Cc1cc(N)cc(Nc2cc[n+](CCN3CCCCC3)c3cc(Cl)ccc23)c1. The van der Waals surface area contributed by atoms with Crippen LogP contribution >= 0.6 is 11.6 Å². The number of rotatable bonds is 5. The first-order valence-corrected chi connectivity index (χ1v) is 10.4. The van der Waals surface area contributed by atoms with Gasteiger partial charge in [0, 0.05) is 28.5 Å². The van der Waals surface area contributed by atoms with Crippen LogP contribution in [0.2, 0.25) is 5.02 Å². The summed E-state index contributed by atoms with van der Waals surface area (Å²) in [6.45, 7) is 4.35. The summed E-state index contributed by atoms with van der Waals surface area (Å²) in [5.41, 5.74) is 9.88. The fourth-order valence-corrected chi connectivity index (χ4v) is 4.15. The number of hydrogen-bond acceptors (Lipinski definition) is 4. The highest BCUT2D eigenvalue weighted by Gasteiger charge is 2.17. The van der Waals surface area contributed by atoms with Gasteiger partial charge in [0.1, 0.15) is 0 Å². The second-order valence-electron chi connectivity index (χ2n) is 7.57. The first-order chi connectivity index (χ1) is 14.1. The molecule has 1 aliphatic rings. The fourth-order valence-electron chi connectivity index (χ4n) is 3.98. The number of pyridine rings is 1. The molecule has 0 atom stereocenters. The number of nitrogens with two attached hydrogens (primary N) is 1. The summed E-state index contributed by atoms with van der Waals surface area (Å²) >= 11 is 6.32. The van der Waals surface area contributed by atoms with Gasteiger partial charge < -0.3 is 11.1 Å². The zero-order chi connectivity index (χ0) is 20.2. The van der Waals surface area contributed by atoms with Gasteiger partial charge in [-0.15, -0.1) is 0 Å². The van der Waals surface area contributed by atoms with Crippen molar-refractivity contribution in [3.05, 3.63) is 59.2 Å². The quantitative estimate of drug-likeness (QED) is 0.484. The smallest absolute Gasteiger partial charge is 0.216 e. The number of fused-ring (bicyclic) bond motifs is 1. The molecule has 3 N–H and O–H groups in total. The highest BCUT2D eigenvalue weighted by Crippen LogP contribution is 2.28. The maximum absolute atomic E-state index is 9.20. The molecule has 1 fully saturated rings. The summed E-state index contributed by atoms with van der Waals surface area (Å²) < 4.78 is 2.26. The van der Waals surface area contributed by atoms with Gasteiger partial charge in [-0.3, -0.25) is 4.90 Å². The average Bonchev–Trinajstić information content (AvgIpc) is 2.73. The maximum atomic E-state index is 9.20. The molecular formula is C23H25ClN5+. The van der Waals surface area contributed by atoms with E-state index in [9.17, 15) is 5.26 Å². The molecule has 6 heteroatoms. The molecule has 0 spiro atoms. The normalized spacial score (nSPS) is 14.6. The number of nitrogen functional groups attached to an aromatic ring is 1. The molecule has 0 amide bonds. The Labute approximate surface area is 176 Å². The summed E-state index contributed by atoms with van der Waals surface area (Å²) in [6.07, 6.45) is 6.04. The van der Waals surface area contributed by atoms with Crippen molar-refractivity contribution in [2.24, 2.45) is 0 Å². The molecule has 0 unspecified atom stereocenters. The zero-order valence-corrected chi connectivity index (χ0v) is 17.1. The third-order valence-electron chi connectivity index (χ3n) is 5.45. The van der Waals surface area contributed by atoms with Gasteiger partial charge in [-0.05, 0) is 56.3 Å². The lowest BCUT2D eigenvalue weighted by Crippen LogP contribution is -2.42. The van der Waals surface area contributed by atoms with Crippen molar-refractivity contribution in [2.75, 3.05) is 30.7 Å². The summed E-state index contributed by atoms with van der Waals surface area (Å²) in [7, 11) is 0. The van der Waals surface area contributed by atoms with Gasteiger partial charge in [-0.2, -0.15) is 9.83 Å². The molecule has 0 saturated carbocycles. The van der Waals surface area contributed by atoms with Crippen molar-refractivity contribution in [1.82, 2.24) is 4.90 Å². The highest BCUT2D eigenvalue weighted by molar-refractivity contribution is 6.31. The van der Waals surface area contributed by atoms with Crippen LogP contribution in [0.3, 0.4) is 0 Å². The van der Waals surface area contributed by atoms with Crippen molar-refractivity contribution in [3.8, 4) is 6.07 Å². The van der Waals surface area contributed by atoms with E-state index < -0.39 is 0 Å². The molecule has 1 saturated heterocycles. The average molecular weight is 407 g/mol. The van der Waals surface area contributed by atoms with Gasteiger partial charge in [0.05, 0.1) is 29.3 Å². The first-order valence-electron chi connectivity index (χ1n) is 10.0. The molecule has 1 aromatic heterocycles. The molecule has 29 heavy (non-hydrogen) atoms. The van der Waals surface area contributed by atoms with Crippen LogP contribution in [0.15, 0.2) is 48.7 Å². The number of anilines is 3. The maximum Gasteiger partial charge on any atom is 0.216 e. The molecule has 2 heterocycles. The Morgan fingerprint density at radius 2 is 1.93 bits per heavy atom. The minimum atomic E-state index is 0.535. The highest BCUT2D eigenvalue weighted by atomic mass is 35.5. The largest absolute Gasteiger partial charge is 0.399 e. The predicted octanol–water partition coefficient (Wildman–Crippen LogP) is 4.46. The second-order valence-corrected chi connectivity index (χ2v) is 8.00. The van der Waals surface area contributed by atoms with E-state index >= 15 is 0 Å². The molecule has 4 rings (SSSR count). The topological polar surface area (TPSA) is 69.0 Å². The Kier molecular flexibility index (Phi) is 5.84. The second kappa shape index (κ2) is 8.69. The lowest BCUT2D eigenvalue weighted by molar-refractivity contribution is -0.671. The van der Waals surface area contributed by atoms with Gasteiger partial charge in [0.2, 0.25) is 5.52 Å². The molecule has 2 aromatic carbocycles. The Balaban J connectivity index is 1.64. The lowest BCUT2D eigenvalue weighted by Gasteiger charge is -2.25. The summed E-state index contributed by atoms with van der Waals surface area (Å²) in [6, 6.07) is 15.5. The number of benzene rings is 2. The number of piperidine rings is 1. The molecule has 5 nitrogen and oxygen atoms in total. The number of nitrogens with one attached hydrogen (secondary N) is 1. The molecule has 0 radical (unpaired) electrons. The number of aromatic nitrogens is 1. The van der Waals surface area contributed by atoms with Gasteiger partial charge in [-0.1, -0.05) is 18.0 Å². The third kappa shape index (κ3) is 4.61.